The van der Waals surface area contributed by atoms with Crippen molar-refractivity contribution in [2.24, 2.45) is 0 Å². The van der Waals surface area contributed by atoms with Gasteiger partial charge in [0, 0.05) is 6.42 Å². The molecule has 1 unspecified atom stereocenters. The van der Waals surface area contributed by atoms with Gasteiger partial charge in [0.05, 0.1) is 37.0 Å². The largest absolute Gasteiger partial charge is 0.394 e. The normalized spacial score (nSPS) is 29.9. The molecule has 8 nitrogen and oxygen atoms in total. The van der Waals surface area contributed by atoms with Crippen LogP contribution in [0, 0.1) is 0 Å². The van der Waals surface area contributed by atoms with Crippen molar-refractivity contribution in [3.8, 4) is 0 Å². The van der Waals surface area contributed by atoms with Crippen LogP contribution in [0.1, 0.15) is 27.1 Å². The summed E-state index contributed by atoms with van der Waals surface area (Å²) in [5, 5.41) is 28.5. The van der Waals surface area contributed by atoms with E-state index in [0.717, 1.165) is 4.90 Å². The number of benzene rings is 1. The SMILES string of the molecule is O=C1c2ccccc2C(=O)N1CCO[C@@H]1C[C@@H](O)[C@H](O)C(CO)O1. The first-order valence-corrected chi connectivity index (χ1v) is 7.72. The minimum absolute atomic E-state index is 0.0249. The Morgan fingerprint density at radius 1 is 1.17 bits per heavy atom. The van der Waals surface area contributed by atoms with Gasteiger partial charge < -0.3 is 24.8 Å². The van der Waals surface area contributed by atoms with E-state index in [4.69, 9.17) is 14.6 Å². The molecule has 1 aromatic carbocycles. The van der Waals surface area contributed by atoms with Crippen molar-refractivity contribution in [1.82, 2.24) is 4.90 Å². The smallest absolute Gasteiger partial charge is 0.261 e. The minimum Gasteiger partial charge on any atom is -0.394 e. The van der Waals surface area contributed by atoms with Gasteiger partial charge in [-0.3, -0.25) is 14.5 Å². The van der Waals surface area contributed by atoms with Crippen molar-refractivity contribution in [1.29, 1.82) is 0 Å². The van der Waals surface area contributed by atoms with Crippen molar-refractivity contribution in [3.63, 3.8) is 0 Å². The third kappa shape index (κ3) is 3.06. The predicted molar refractivity (Wildman–Crippen MR) is 80.1 cm³/mol. The highest BCUT2D eigenvalue weighted by molar-refractivity contribution is 6.21. The van der Waals surface area contributed by atoms with Gasteiger partial charge in [-0.2, -0.15) is 0 Å². The third-order valence-corrected chi connectivity index (χ3v) is 4.21. The van der Waals surface area contributed by atoms with E-state index in [1.807, 2.05) is 0 Å². The first kappa shape index (κ1) is 17.0. The first-order valence-electron chi connectivity index (χ1n) is 7.72. The standard InChI is InChI=1S/C16H19NO7/c18-8-12-14(20)11(19)7-13(24-12)23-6-5-17-15(21)9-3-1-2-4-10(9)16(17)22/h1-4,11-14,18-20H,5-8H2/t11-,12?,13+,14+/m1/s1. The number of rotatable bonds is 5. The summed E-state index contributed by atoms with van der Waals surface area (Å²) in [6.07, 6.45) is -3.96. The van der Waals surface area contributed by atoms with Crippen LogP contribution in [0.25, 0.3) is 0 Å². The Hall–Kier alpha value is -1.84. The van der Waals surface area contributed by atoms with Gasteiger partial charge in [-0.15, -0.1) is 0 Å². The molecule has 0 bridgehead atoms. The Labute approximate surface area is 138 Å². The number of ether oxygens (including phenoxy) is 2. The quantitative estimate of drug-likeness (QED) is 0.598. The molecule has 130 valence electrons. The molecule has 0 saturated carbocycles. The average Bonchev–Trinajstić information content (AvgIpc) is 2.83. The molecule has 3 N–H and O–H groups in total. The maximum atomic E-state index is 12.2. The fraction of sp³-hybridized carbons (Fsp3) is 0.500. The highest BCUT2D eigenvalue weighted by atomic mass is 16.7. The van der Waals surface area contributed by atoms with Crippen LogP contribution in [-0.2, 0) is 9.47 Å². The monoisotopic (exact) mass is 337 g/mol. The number of carbonyl (C=O) groups excluding carboxylic acids is 2. The maximum Gasteiger partial charge on any atom is 0.261 e. The van der Waals surface area contributed by atoms with Gasteiger partial charge in [-0.05, 0) is 12.1 Å². The molecule has 1 aromatic rings. The summed E-state index contributed by atoms with van der Waals surface area (Å²) >= 11 is 0. The van der Waals surface area contributed by atoms with Crippen LogP contribution in [0.4, 0.5) is 0 Å². The Bertz CT molecular complexity index is 600. The molecule has 24 heavy (non-hydrogen) atoms. The summed E-state index contributed by atoms with van der Waals surface area (Å²) in [7, 11) is 0. The molecule has 0 radical (unpaired) electrons. The van der Waals surface area contributed by atoms with Crippen LogP contribution in [0.5, 0.6) is 0 Å². The predicted octanol–water partition coefficient (Wildman–Crippen LogP) is -0.872. The summed E-state index contributed by atoms with van der Waals surface area (Å²) < 4.78 is 10.8. The number of hydrogen-bond acceptors (Lipinski definition) is 7. The number of fused-ring (bicyclic) bond motifs is 1. The Balaban J connectivity index is 1.54. The molecule has 1 fully saturated rings. The molecular weight excluding hydrogens is 318 g/mol. The zero-order valence-electron chi connectivity index (χ0n) is 12.9. The lowest BCUT2D eigenvalue weighted by Crippen LogP contribution is -2.50. The summed E-state index contributed by atoms with van der Waals surface area (Å²) in [6, 6.07) is 6.59. The molecule has 1 saturated heterocycles. The van der Waals surface area contributed by atoms with E-state index in [9.17, 15) is 19.8 Å². The van der Waals surface area contributed by atoms with Crippen molar-refractivity contribution < 1.29 is 34.4 Å². The van der Waals surface area contributed by atoms with Gasteiger partial charge in [-0.1, -0.05) is 12.1 Å². The van der Waals surface area contributed by atoms with E-state index in [1.54, 1.807) is 24.3 Å². The van der Waals surface area contributed by atoms with E-state index < -0.39 is 31.2 Å². The average molecular weight is 337 g/mol. The summed E-state index contributed by atoms with van der Waals surface area (Å²) in [6.45, 7) is -0.373. The summed E-state index contributed by atoms with van der Waals surface area (Å²) in [5.74, 6) is -0.736. The highest BCUT2D eigenvalue weighted by Gasteiger charge is 2.38. The van der Waals surface area contributed by atoms with Crippen molar-refractivity contribution in [2.75, 3.05) is 19.8 Å². The van der Waals surface area contributed by atoms with E-state index >= 15 is 0 Å². The lowest BCUT2D eigenvalue weighted by molar-refractivity contribution is -0.256. The lowest BCUT2D eigenvalue weighted by atomic mass is 10.0. The number of hydrogen-bond donors (Lipinski definition) is 3. The lowest BCUT2D eigenvalue weighted by Gasteiger charge is -2.36. The number of nitrogens with zero attached hydrogens (tertiary/aromatic N) is 1. The van der Waals surface area contributed by atoms with Crippen LogP contribution in [0.3, 0.4) is 0 Å². The topological polar surface area (TPSA) is 117 Å². The molecule has 8 heteroatoms. The van der Waals surface area contributed by atoms with Crippen LogP contribution in [0.2, 0.25) is 0 Å². The van der Waals surface area contributed by atoms with Crippen molar-refractivity contribution >= 4 is 11.8 Å². The van der Waals surface area contributed by atoms with Crippen LogP contribution < -0.4 is 0 Å². The van der Waals surface area contributed by atoms with Crippen LogP contribution in [-0.4, -0.2) is 76.4 Å². The molecule has 0 aromatic heterocycles. The first-order chi connectivity index (χ1) is 11.5. The Kier molecular flexibility index (Phi) is 4.93. The molecule has 2 aliphatic heterocycles. The molecule has 0 aliphatic carbocycles. The van der Waals surface area contributed by atoms with Crippen LogP contribution in [0.15, 0.2) is 24.3 Å². The third-order valence-electron chi connectivity index (χ3n) is 4.21. The zero-order valence-corrected chi connectivity index (χ0v) is 12.9. The van der Waals surface area contributed by atoms with E-state index in [-0.39, 0.29) is 31.4 Å². The number of amides is 2. The fourth-order valence-corrected chi connectivity index (χ4v) is 2.89. The number of aliphatic hydroxyl groups excluding tert-OH is 3. The Morgan fingerprint density at radius 2 is 1.79 bits per heavy atom. The van der Waals surface area contributed by atoms with Gasteiger partial charge in [-0.25, -0.2) is 0 Å². The minimum atomic E-state index is -1.17. The molecule has 2 aliphatic rings. The number of carbonyl (C=O) groups is 2. The number of imide groups is 1. The second kappa shape index (κ2) is 6.96. The van der Waals surface area contributed by atoms with Gasteiger partial charge in [0.15, 0.2) is 6.29 Å². The van der Waals surface area contributed by atoms with Crippen molar-refractivity contribution in [3.05, 3.63) is 35.4 Å². The second-order valence-corrected chi connectivity index (χ2v) is 5.76. The molecule has 0 spiro atoms. The van der Waals surface area contributed by atoms with Crippen LogP contribution >= 0.6 is 0 Å². The van der Waals surface area contributed by atoms with E-state index in [1.165, 1.54) is 0 Å². The fourth-order valence-electron chi connectivity index (χ4n) is 2.89. The van der Waals surface area contributed by atoms with E-state index in [2.05, 4.69) is 0 Å². The van der Waals surface area contributed by atoms with Gasteiger partial charge in [0.2, 0.25) is 0 Å². The van der Waals surface area contributed by atoms with Gasteiger partial charge in [0.1, 0.15) is 12.2 Å². The second-order valence-electron chi connectivity index (χ2n) is 5.76. The maximum absolute atomic E-state index is 12.2. The van der Waals surface area contributed by atoms with E-state index in [0.29, 0.717) is 11.1 Å². The zero-order chi connectivity index (χ0) is 17.3. The van der Waals surface area contributed by atoms with Gasteiger partial charge >= 0.3 is 0 Å². The summed E-state index contributed by atoms with van der Waals surface area (Å²) in [5.41, 5.74) is 0.741. The van der Waals surface area contributed by atoms with Gasteiger partial charge in [0.25, 0.3) is 11.8 Å². The van der Waals surface area contributed by atoms with Crippen molar-refractivity contribution in [2.45, 2.75) is 31.0 Å². The molecule has 4 atom stereocenters. The molecular formula is C16H19NO7. The number of aliphatic hydroxyl groups is 3. The molecule has 2 heterocycles. The molecule has 3 rings (SSSR count). The highest BCUT2D eigenvalue weighted by Crippen LogP contribution is 2.23. The molecule has 2 amide bonds. The Morgan fingerprint density at radius 3 is 2.38 bits per heavy atom. The summed E-state index contributed by atoms with van der Waals surface area (Å²) in [4.78, 5) is 25.5.